The van der Waals surface area contributed by atoms with Crippen molar-refractivity contribution in [3.05, 3.63) is 18.2 Å². The van der Waals surface area contributed by atoms with E-state index in [2.05, 4.69) is 49.6 Å². The van der Waals surface area contributed by atoms with Crippen molar-refractivity contribution in [2.24, 2.45) is 0 Å². The first-order valence-corrected chi connectivity index (χ1v) is 19.8. The van der Waals surface area contributed by atoms with Gasteiger partial charge in [-0.2, -0.15) is 0 Å². The summed E-state index contributed by atoms with van der Waals surface area (Å²) in [5, 5.41) is 0. The molecule has 0 spiro atoms. The van der Waals surface area contributed by atoms with Crippen LogP contribution < -0.4 is 4.57 Å². The molecule has 1 rings (SSSR count). The van der Waals surface area contributed by atoms with Crippen LogP contribution in [0.4, 0.5) is 0 Å². The summed E-state index contributed by atoms with van der Waals surface area (Å²) >= 11 is 0. The van der Waals surface area contributed by atoms with Crippen molar-refractivity contribution in [2.45, 2.75) is 239 Å². The number of hydrogen-bond acceptors (Lipinski definition) is 0. The molecule has 1 aromatic rings. The standard InChI is InChI=1S/C40H78N2/c1-5-8-11-14-16-18-19-20-21-22-24-26-29-32-35-39(34-31-27-13-10-7-3)40-41-36-37-42(40)38(4)33-30-28-25-23-17-15-12-9-6-2/h36-39H,5-35H2,1-4H3/p+1. The van der Waals surface area contributed by atoms with Crippen LogP contribution >= 0.6 is 0 Å². The Labute approximate surface area is 266 Å². The molecular formula is C40H79N2+. The van der Waals surface area contributed by atoms with Gasteiger partial charge in [-0.1, -0.05) is 194 Å². The Morgan fingerprint density at radius 3 is 1.12 bits per heavy atom. The highest BCUT2D eigenvalue weighted by Crippen LogP contribution is 2.27. The molecule has 2 atom stereocenters. The molecule has 0 aliphatic rings. The lowest BCUT2D eigenvalue weighted by Crippen LogP contribution is -2.41. The zero-order valence-corrected chi connectivity index (χ0v) is 29.7. The second kappa shape index (κ2) is 30.2. The highest BCUT2D eigenvalue weighted by Gasteiger charge is 2.25. The molecule has 0 saturated heterocycles. The van der Waals surface area contributed by atoms with Crippen LogP contribution in [0, 0.1) is 0 Å². The van der Waals surface area contributed by atoms with Gasteiger partial charge >= 0.3 is 0 Å². The maximum Gasteiger partial charge on any atom is 0.257 e. The lowest BCUT2D eigenvalue weighted by atomic mass is 9.93. The third-order valence-electron chi connectivity index (χ3n) is 9.89. The van der Waals surface area contributed by atoms with Gasteiger partial charge in [-0.25, -0.2) is 9.55 Å². The van der Waals surface area contributed by atoms with Crippen LogP contribution in [0.15, 0.2) is 12.4 Å². The Morgan fingerprint density at radius 1 is 0.452 bits per heavy atom. The van der Waals surface area contributed by atoms with Gasteiger partial charge < -0.3 is 0 Å². The molecule has 2 unspecified atom stereocenters. The third-order valence-corrected chi connectivity index (χ3v) is 9.89. The molecular weight excluding hydrogens is 508 g/mol. The van der Waals surface area contributed by atoms with E-state index in [-0.39, 0.29) is 0 Å². The molecule has 0 fully saturated rings. The number of nitrogens with one attached hydrogen (secondary N) is 1. The van der Waals surface area contributed by atoms with Crippen LogP contribution in [0.5, 0.6) is 0 Å². The minimum Gasteiger partial charge on any atom is -0.247 e. The van der Waals surface area contributed by atoms with E-state index >= 15 is 0 Å². The molecule has 2 nitrogen and oxygen atoms in total. The summed E-state index contributed by atoms with van der Waals surface area (Å²) in [6, 6.07) is 0.620. The SMILES string of the molecule is CCCCCCCCCCCCCCCCC(CCCCCCC)c1[nH]cc[n+]1C(C)CCCCCCCCCCC. The number of H-pyrrole nitrogens is 1. The van der Waals surface area contributed by atoms with Gasteiger partial charge in [-0.05, 0) is 32.6 Å². The van der Waals surface area contributed by atoms with Crippen LogP contribution in [0.2, 0.25) is 0 Å². The van der Waals surface area contributed by atoms with Crippen molar-refractivity contribution in [2.75, 3.05) is 0 Å². The largest absolute Gasteiger partial charge is 0.257 e. The van der Waals surface area contributed by atoms with Gasteiger partial charge in [0.1, 0.15) is 12.4 Å². The Kier molecular flexibility index (Phi) is 28.3. The van der Waals surface area contributed by atoms with Crippen molar-refractivity contribution in [1.82, 2.24) is 4.98 Å². The van der Waals surface area contributed by atoms with Crippen molar-refractivity contribution in [3.8, 4) is 0 Å². The van der Waals surface area contributed by atoms with Crippen LogP contribution in [0.25, 0.3) is 0 Å². The van der Waals surface area contributed by atoms with Crippen molar-refractivity contribution >= 4 is 0 Å². The van der Waals surface area contributed by atoms with Crippen LogP contribution in [0.3, 0.4) is 0 Å². The van der Waals surface area contributed by atoms with Crippen LogP contribution in [-0.2, 0) is 0 Å². The molecule has 1 N–H and O–H groups in total. The quantitative estimate of drug-likeness (QED) is 0.0623. The summed E-state index contributed by atoms with van der Waals surface area (Å²) in [4.78, 5) is 3.74. The van der Waals surface area contributed by atoms with Gasteiger partial charge in [0.2, 0.25) is 0 Å². The molecule has 0 radical (unpaired) electrons. The van der Waals surface area contributed by atoms with Crippen LogP contribution in [-0.4, -0.2) is 4.98 Å². The van der Waals surface area contributed by atoms with E-state index in [1.165, 1.54) is 205 Å². The van der Waals surface area contributed by atoms with Gasteiger partial charge in [-0.3, -0.25) is 0 Å². The monoisotopic (exact) mass is 588 g/mol. The second-order valence-electron chi connectivity index (χ2n) is 14.0. The summed E-state index contributed by atoms with van der Waals surface area (Å²) in [5.74, 6) is 2.24. The van der Waals surface area contributed by atoms with Crippen LogP contribution in [0.1, 0.15) is 245 Å². The number of imidazole rings is 1. The summed E-state index contributed by atoms with van der Waals surface area (Å²) in [7, 11) is 0. The summed E-state index contributed by atoms with van der Waals surface area (Å²) in [6.45, 7) is 9.42. The lowest BCUT2D eigenvalue weighted by molar-refractivity contribution is -0.727. The molecule has 0 aromatic carbocycles. The van der Waals surface area contributed by atoms with E-state index in [4.69, 9.17) is 0 Å². The zero-order valence-electron chi connectivity index (χ0n) is 29.7. The third kappa shape index (κ3) is 21.8. The molecule has 0 aliphatic carbocycles. The van der Waals surface area contributed by atoms with Gasteiger partial charge in [0.25, 0.3) is 5.82 Å². The zero-order chi connectivity index (χ0) is 30.4. The molecule has 2 heteroatoms. The maximum absolute atomic E-state index is 3.74. The molecule has 1 aromatic heterocycles. The van der Waals surface area contributed by atoms with Crippen molar-refractivity contribution in [1.29, 1.82) is 0 Å². The predicted molar refractivity (Wildman–Crippen MR) is 189 cm³/mol. The Bertz CT molecular complexity index is 650. The molecule has 42 heavy (non-hydrogen) atoms. The maximum atomic E-state index is 3.74. The average Bonchev–Trinajstić information content (AvgIpc) is 3.49. The fourth-order valence-corrected chi connectivity index (χ4v) is 6.96. The number of unbranched alkanes of at least 4 members (excludes halogenated alkanes) is 25. The van der Waals surface area contributed by atoms with E-state index in [9.17, 15) is 0 Å². The molecule has 0 saturated carbocycles. The molecule has 0 bridgehead atoms. The highest BCUT2D eigenvalue weighted by atomic mass is 15.1. The Hall–Kier alpha value is -0.790. The molecule has 248 valence electrons. The number of hydrogen-bond donors (Lipinski definition) is 1. The summed E-state index contributed by atoms with van der Waals surface area (Å²) in [6.07, 6.45) is 48.7. The molecule has 1 heterocycles. The fourth-order valence-electron chi connectivity index (χ4n) is 6.96. The number of nitrogens with zero attached hydrogens (tertiary/aromatic N) is 1. The average molecular weight is 588 g/mol. The first-order chi connectivity index (χ1) is 20.7. The fraction of sp³-hybridized carbons (Fsp3) is 0.925. The van der Waals surface area contributed by atoms with Gasteiger partial charge in [-0.15, -0.1) is 0 Å². The van der Waals surface area contributed by atoms with Crippen molar-refractivity contribution < 1.29 is 4.57 Å². The first kappa shape index (κ1) is 39.2. The smallest absolute Gasteiger partial charge is 0.247 e. The molecule has 0 aliphatic heterocycles. The normalized spacial score (nSPS) is 13.1. The Morgan fingerprint density at radius 2 is 0.762 bits per heavy atom. The first-order valence-electron chi connectivity index (χ1n) is 19.8. The predicted octanol–water partition coefficient (Wildman–Crippen LogP) is 14.1. The van der Waals surface area contributed by atoms with E-state index in [0.717, 1.165) is 0 Å². The Balaban J connectivity index is 2.33. The van der Waals surface area contributed by atoms with E-state index < -0.39 is 0 Å². The summed E-state index contributed by atoms with van der Waals surface area (Å²) < 4.78 is 2.63. The van der Waals surface area contributed by atoms with Gasteiger partial charge in [0.15, 0.2) is 0 Å². The van der Waals surface area contributed by atoms with E-state index in [1.807, 2.05) is 0 Å². The summed E-state index contributed by atoms with van der Waals surface area (Å²) in [5.41, 5.74) is 0. The number of rotatable bonds is 33. The number of aromatic amines is 1. The highest BCUT2D eigenvalue weighted by molar-refractivity contribution is 4.90. The molecule has 0 amide bonds. The van der Waals surface area contributed by atoms with E-state index in [1.54, 1.807) is 0 Å². The topological polar surface area (TPSA) is 19.7 Å². The van der Waals surface area contributed by atoms with Gasteiger partial charge in [0.05, 0.1) is 12.0 Å². The second-order valence-corrected chi connectivity index (χ2v) is 14.0. The minimum absolute atomic E-state index is 0.620. The van der Waals surface area contributed by atoms with Gasteiger partial charge in [0, 0.05) is 0 Å². The number of aromatic nitrogens is 2. The minimum atomic E-state index is 0.620. The van der Waals surface area contributed by atoms with Crippen molar-refractivity contribution in [3.63, 3.8) is 0 Å². The lowest BCUT2D eigenvalue weighted by Gasteiger charge is -2.17. The van der Waals surface area contributed by atoms with E-state index in [0.29, 0.717) is 12.0 Å².